The van der Waals surface area contributed by atoms with Crippen LogP contribution in [0.25, 0.3) is 0 Å². The summed E-state index contributed by atoms with van der Waals surface area (Å²) in [6, 6.07) is 16.0. The molecule has 6 heteroatoms. The number of carbonyl (C=O) groups is 3. The van der Waals surface area contributed by atoms with Gasteiger partial charge in [-0.1, -0.05) is 30.3 Å². The van der Waals surface area contributed by atoms with Crippen LogP contribution in [0.4, 0.5) is 5.69 Å². The maximum atomic E-state index is 12.2. The largest absolute Gasteiger partial charge is 0.494 e. The van der Waals surface area contributed by atoms with E-state index in [-0.39, 0.29) is 12.2 Å². The van der Waals surface area contributed by atoms with Gasteiger partial charge in [-0.15, -0.1) is 0 Å². The SMILES string of the molecule is CC(=O)c1ccccc1NC(=O)C(C)OC(=O)CCCOc1ccccc1. The molecule has 0 radical (unpaired) electrons. The number of carbonyl (C=O) groups excluding carboxylic acids is 3. The van der Waals surface area contributed by atoms with Gasteiger partial charge in [-0.3, -0.25) is 14.4 Å². The fourth-order valence-electron chi connectivity index (χ4n) is 2.37. The Labute approximate surface area is 158 Å². The van der Waals surface area contributed by atoms with Crippen molar-refractivity contribution in [1.29, 1.82) is 0 Å². The highest BCUT2D eigenvalue weighted by atomic mass is 16.5. The van der Waals surface area contributed by atoms with Gasteiger partial charge in [-0.2, -0.15) is 0 Å². The van der Waals surface area contributed by atoms with Gasteiger partial charge in [0.25, 0.3) is 5.91 Å². The predicted octanol–water partition coefficient (Wildman–Crippen LogP) is 3.62. The lowest BCUT2D eigenvalue weighted by atomic mass is 10.1. The fraction of sp³-hybridized carbons (Fsp3) is 0.286. The van der Waals surface area contributed by atoms with Crippen molar-refractivity contribution < 1.29 is 23.9 Å². The lowest BCUT2D eigenvalue weighted by Crippen LogP contribution is -2.30. The Morgan fingerprint density at radius 2 is 1.67 bits per heavy atom. The van der Waals surface area contributed by atoms with Crippen molar-refractivity contribution >= 4 is 23.3 Å². The van der Waals surface area contributed by atoms with Gasteiger partial charge in [0.05, 0.1) is 12.3 Å². The molecule has 1 N–H and O–H groups in total. The molecular weight excluding hydrogens is 346 g/mol. The second kappa shape index (κ2) is 10.1. The Bertz CT molecular complexity index is 788. The normalized spacial score (nSPS) is 11.3. The third kappa shape index (κ3) is 6.58. The zero-order valence-corrected chi connectivity index (χ0v) is 15.4. The Hall–Kier alpha value is -3.15. The van der Waals surface area contributed by atoms with E-state index in [1.165, 1.54) is 13.8 Å². The lowest BCUT2D eigenvalue weighted by molar-refractivity contribution is -0.153. The summed E-state index contributed by atoms with van der Waals surface area (Å²) in [5, 5.41) is 2.62. The molecule has 2 aromatic rings. The molecule has 0 saturated heterocycles. The number of nitrogens with one attached hydrogen (secondary N) is 1. The molecule has 0 aliphatic carbocycles. The molecule has 1 amide bonds. The van der Waals surface area contributed by atoms with E-state index in [9.17, 15) is 14.4 Å². The molecule has 27 heavy (non-hydrogen) atoms. The first-order chi connectivity index (χ1) is 13.0. The highest BCUT2D eigenvalue weighted by molar-refractivity contribution is 6.04. The van der Waals surface area contributed by atoms with Gasteiger partial charge >= 0.3 is 5.97 Å². The van der Waals surface area contributed by atoms with Crippen LogP contribution in [0.1, 0.15) is 37.0 Å². The highest BCUT2D eigenvalue weighted by Crippen LogP contribution is 2.16. The number of anilines is 1. The van der Waals surface area contributed by atoms with E-state index < -0.39 is 18.0 Å². The van der Waals surface area contributed by atoms with E-state index in [4.69, 9.17) is 9.47 Å². The molecule has 2 aromatic carbocycles. The third-order valence-electron chi connectivity index (χ3n) is 3.78. The average Bonchev–Trinajstić information content (AvgIpc) is 2.66. The van der Waals surface area contributed by atoms with E-state index in [0.29, 0.717) is 24.3 Å². The molecule has 2 rings (SSSR count). The van der Waals surface area contributed by atoms with Gasteiger partial charge in [0.2, 0.25) is 0 Å². The van der Waals surface area contributed by atoms with Crippen LogP contribution < -0.4 is 10.1 Å². The average molecular weight is 369 g/mol. The van der Waals surface area contributed by atoms with Crippen LogP contribution in [-0.4, -0.2) is 30.4 Å². The molecule has 0 bridgehead atoms. The first-order valence-corrected chi connectivity index (χ1v) is 8.75. The second-order valence-electron chi connectivity index (χ2n) is 5.99. The van der Waals surface area contributed by atoms with Crippen LogP contribution in [-0.2, 0) is 14.3 Å². The number of hydrogen-bond donors (Lipinski definition) is 1. The van der Waals surface area contributed by atoms with Crippen molar-refractivity contribution in [3.63, 3.8) is 0 Å². The Morgan fingerprint density at radius 1 is 1.00 bits per heavy atom. The molecule has 0 spiro atoms. The van der Waals surface area contributed by atoms with Gasteiger partial charge in [-0.25, -0.2) is 0 Å². The van der Waals surface area contributed by atoms with Crippen LogP contribution in [0.15, 0.2) is 54.6 Å². The minimum atomic E-state index is -0.965. The zero-order chi connectivity index (χ0) is 19.6. The van der Waals surface area contributed by atoms with E-state index in [1.807, 2.05) is 30.3 Å². The van der Waals surface area contributed by atoms with Crippen molar-refractivity contribution in [3.05, 3.63) is 60.2 Å². The summed E-state index contributed by atoms with van der Waals surface area (Å²) in [5.41, 5.74) is 0.802. The second-order valence-corrected chi connectivity index (χ2v) is 5.99. The number of rotatable bonds is 9. The van der Waals surface area contributed by atoms with Gasteiger partial charge in [0, 0.05) is 12.0 Å². The zero-order valence-electron chi connectivity index (χ0n) is 15.4. The van der Waals surface area contributed by atoms with Crippen molar-refractivity contribution in [2.75, 3.05) is 11.9 Å². The van der Waals surface area contributed by atoms with E-state index in [1.54, 1.807) is 24.3 Å². The summed E-state index contributed by atoms with van der Waals surface area (Å²) < 4.78 is 10.6. The predicted molar refractivity (Wildman–Crippen MR) is 102 cm³/mol. The van der Waals surface area contributed by atoms with Crippen molar-refractivity contribution in [2.24, 2.45) is 0 Å². The summed E-state index contributed by atoms with van der Waals surface area (Å²) in [6.07, 6.45) is -0.337. The van der Waals surface area contributed by atoms with Crippen molar-refractivity contribution in [2.45, 2.75) is 32.8 Å². The van der Waals surface area contributed by atoms with Crippen LogP contribution in [0.2, 0.25) is 0 Å². The first-order valence-electron chi connectivity index (χ1n) is 8.75. The third-order valence-corrected chi connectivity index (χ3v) is 3.78. The van der Waals surface area contributed by atoms with Gasteiger partial charge in [-0.05, 0) is 44.5 Å². The Morgan fingerprint density at radius 3 is 2.37 bits per heavy atom. The quantitative estimate of drug-likeness (QED) is 0.415. The monoisotopic (exact) mass is 369 g/mol. The molecule has 0 heterocycles. The Kier molecular flexibility index (Phi) is 7.55. The number of amides is 1. The Balaban J connectivity index is 1.75. The first kappa shape index (κ1) is 20.2. The number of ether oxygens (including phenoxy) is 2. The van der Waals surface area contributed by atoms with Gasteiger partial charge in [0.1, 0.15) is 5.75 Å². The molecule has 1 atom stereocenters. The molecule has 0 saturated carbocycles. The molecule has 142 valence electrons. The summed E-state index contributed by atoms with van der Waals surface area (Å²) in [7, 11) is 0. The molecular formula is C21H23NO5. The van der Waals surface area contributed by atoms with E-state index >= 15 is 0 Å². The maximum Gasteiger partial charge on any atom is 0.306 e. The van der Waals surface area contributed by atoms with Crippen molar-refractivity contribution in [1.82, 2.24) is 0 Å². The number of Topliss-reactive ketones (excluding diaryl/α,β-unsaturated/α-hetero) is 1. The highest BCUT2D eigenvalue weighted by Gasteiger charge is 2.19. The van der Waals surface area contributed by atoms with Crippen LogP contribution in [0, 0.1) is 0 Å². The number of para-hydroxylation sites is 2. The molecule has 0 aliphatic heterocycles. The van der Waals surface area contributed by atoms with E-state index in [0.717, 1.165) is 5.75 Å². The standard InChI is InChI=1S/C21H23NO5/c1-15(23)18-11-6-7-12-19(18)22-21(25)16(2)27-20(24)13-8-14-26-17-9-4-3-5-10-17/h3-7,9-12,16H,8,13-14H2,1-2H3,(H,22,25). The summed E-state index contributed by atoms with van der Waals surface area (Å²) >= 11 is 0. The molecule has 0 aliphatic rings. The summed E-state index contributed by atoms with van der Waals surface area (Å²) in [4.78, 5) is 35.7. The minimum Gasteiger partial charge on any atom is -0.494 e. The van der Waals surface area contributed by atoms with Crippen LogP contribution in [0.3, 0.4) is 0 Å². The van der Waals surface area contributed by atoms with Gasteiger partial charge in [0.15, 0.2) is 11.9 Å². The molecule has 1 unspecified atom stereocenters. The maximum absolute atomic E-state index is 12.2. The summed E-state index contributed by atoms with van der Waals surface area (Å²) in [5.74, 6) is -0.386. The van der Waals surface area contributed by atoms with Crippen LogP contribution >= 0.6 is 0 Å². The fourth-order valence-corrected chi connectivity index (χ4v) is 2.37. The van der Waals surface area contributed by atoms with Gasteiger partial charge < -0.3 is 14.8 Å². The topological polar surface area (TPSA) is 81.7 Å². The van der Waals surface area contributed by atoms with Crippen molar-refractivity contribution in [3.8, 4) is 5.75 Å². The number of esters is 1. The lowest BCUT2D eigenvalue weighted by Gasteiger charge is -2.15. The number of benzene rings is 2. The molecule has 0 aromatic heterocycles. The number of ketones is 1. The van der Waals surface area contributed by atoms with E-state index in [2.05, 4.69) is 5.32 Å². The molecule has 0 fully saturated rings. The van der Waals surface area contributed by atoms with Crippen LogP contribution in [0.5, 0.6) is 5.75 Å². The summed E-state index contributed by atoms with van der Waals surface area (Å²) in [6.45, 7) is 3.29. The minimum absolute atomic E-state index is 0.147. The number of hydrogen-bond acceptors (Lipinski definition) is 5. The smallest absolute Gasteiger partial charge is 0.306 e. The molecule has 6 nitrogen and oxygen atoms in total.